The van der Waals surface area contributed by atoms with Crippen LogP contribution in [0.25, 0.3) is 0 Å². The lowest BCUT2D eigenvalue weighted by Crippen LogP contribution is -2.27. The Morgan fingerprint density at radius 3 is 2.88 bits per heavy atom. The summed E-state index contributed by atoms with van der Waals surface area (Å²) in [6, 6.07) is 3.83. The summed E-state index contributed by atoms with van der Waals surface area (Å²) < 4.78 is 0.781. The average Bonchev–Trinajstić information content (AvgIpc) is 2.67. The molecule has 0 saturated carbocycles. The van der Waals surface area contributed by atoms with Gasteiger partial charge in [-0.15, -0.1) is 30.2 Å². The molecule has 0 aliphatic heterocycles. The predicted octanol–water partition coefficient (Wildman–Crippen LogP) is 2.05. The van der Waals surface area contributed by atoms with Crippen LogP contribution in [0.1, 0.15) is 11.3 Å². The minimum absolute atomic E-state index is 0. The molecule has 0 radical (unpaired) electrons. The third-order valence-corrected chi connectivity index (χ3v) is 3.08. The highest BCUT2D eigenvalue weighted by atomic mass is 35.5. The minimum Gasteiger partial charge on any atom is -0.345 e. The van der Waals surface area contributed by atoms with Crippen molar-refractivity contribution in [3.63, 3.8) is 0 Å². The van der Waals surface area contributed by atoms with Crippen LogP contribution >= 0.6 is 35.3 Å². The molecule has 17 heavy (non-hydrogen) atoms. The van der Waals surface area contributed by atoms with Crippen molar-refractivity contribution in [3.05, 3.63) is 21.3 Å². The molecule has 1 amide bonds. The lowest BCUT2D eigenvalue weighted by molar-refractivity contribution is -0.120. The number of rotatable bonds is 6. The first kappa shape index (κ1) is 16.3. The monoisotopic (exact) mass is 292 g/mol. The van der Waals surface area contributed by atoms with Crippen LogP contribution in [0.15, 0.2) is 12.1 Å². The second-order valence-corrected chi connectivity index (χ2v) is 4.91. The van der Waals surface area contributed by atoms with Gasteiger partial charge in [0, 0.05) is 24.4 Å². The third kappa shape index (κ3) is 7.24. The van der Waals surface area contributed by atoms with Gasteiger partial charge in [0.2, 0.25) is 5.91 Å². The van der Waals surface area contributed by atoms with Crippen molar-refractivity contribution in [2.45, 2.75) is 13.0 Å². The van der Waals surface area contributed by atoms with E-state index in [9.17, 15) is 4.79 Å². The lowest BCUT2D eigenvalue weighted by Gasteiger charge is -2.03. The maximum absolute atomic E-state index is 11.2. The summed E-state index contributed by atoms with van der Waals surface area (Å²) in [6.07, 6.45) is 5.45. The van der Waals surface area contributed by atoms with Crippen molar-refractivity contribution >= 4 is 41.3 Å². The van der Waals surface area contributed by atoms with Crippen LogP contribution in [0, 0.1) is 12.3 Å². The minimum atomic E-state index is -0.0327. The molecule has 3 nitrogen and oxygen atoms in total. The van der Waals surface area contributed by atoms with Crippen molar-refractivity contribution in [3.8, 4) is 12.3 Å². The summed E-state index contributed by atoms with van der Waals surface area (Å²) in [5, 5.41) is 5.76. The van der Waals surface area contributed by atoms with Gasteiger partial charge in [0.15, 0.2) is 0 Å². The third-order valence-electron chi connectivity index (χ3n) is 1.84. The van der Waals surface area contributed by atoms with E-state index in [0.717, 1.165) is 15.8 Å². The topological polar surface area (TPSA) is 41.1 Å². The quantitative estimate of drug-likeness (QED) is 0.622. The van der Waals surface area contributed by atoms with Crippen LogP contribution in [-0.4, -0.2) is 19.0 Å². The van der Waals surface area contributed by atoms with E-state index < -0.39 is 0 Å². The summed E-state index contributed by atoms with van der Waals surface area (Å²) >= 11 is 7.33. The molecular weight excluding hydrogens is 279 g/mol. The zero-order chi connectivity index (χ0) is 11.8. The van der Waals surface area contributed by atoms with Gasteiger partial charge in [-0.3, -0.25) is 4.79 Å². The maximum Gasteiger partial charge on any atom is 0.222 e. The zero-order valence-electron chi connectivity index (χ0n) is 9.16. The second kappa shape index (κ2) is 9.32. The van der Waals surface area contributed by atoms with Crippen molar-refractivity contribution < 1.29 is 4.79 Å². The second-order valence-electron chi connectivity index (χ2n) is 3.11. The Bertz CT molecular complexity index is 387. The van der Waals surface area contributed by atoms with Gasteiger partial charge in [-0.2, -0.15) is 0 Å². The van der Waals surface area contributed by atoms with Gasteiger partial charge in [-0.25, -0.2) is 0 Å². The molecule has 0 aliphatic carbocycles. The highest BCUT2D eigenvalue weighted by Crippen LogP contribution is 2.20. The normalized spacial score (nSPS) is 9.18. The fraction of sp³-hybridized carbons (Fsp3) is 0.364. The Morgan fingerprint density at radius 1 is 1.53 bits per heavy atom. The van der Waals surface area contributed by atoms with Gasteiger partial charge in [0.1, 0.15) is 0 Å². The Balaban J connectivity index is 0.00000256. The van der Waals surface area contributed by atoms with E-state index in [-0.39, 0.29) is 18.3 Å². The van der Waals surface area contributed by atoms with Crippen LogP contribution in [-0.2, 0) is 11.3 Å². The number of hydrogen-bond acceptors (Lipinski definition) is 3. The van der Waals surface area contributed by atoms with E-state index in [1.807, 2.05) is 12.1 Å². The van der Waals surface area contributed by atoms with Gasteiger partial charge < -0.3 is 10.6 Å². The predicted molar refractivity (Wildman–Crippen MR) is 74.7 cm³/mol. The molecule has 94 valence electrons. The van der Waals surface area contributed by atoms with Gasteiger partial charge in [0.25, 0.3) is 0 Å². The Morgan fingerprint density at radius 2 is 2.29 bits per heavy atom. The Labute approximate surface area is 116 Å². The van der Waals surface area contributed by atoms with E-state index in [1.165, 1.54) is 11.3 Å². The van der Waals surface area contributed by atoms with Crippen LogP contribution in [0.5, 0.6) is 0 Å². The molecule has 1 rings (SSSR count). The van der Waals surface area contributed by atoms with E-state index >= 15 is 0 Å². The van der Waals surface area contributed by atoms with Crippen molar-refractivity contribution in [1.82, 2.24) is 10.6 Å². The highest BCUT2D eigenvalue weighted by Gasteiger charge is 2.00. The maximum atomic E-state index is 11.2. The summed E-state index contributed by atoms with van der Waals surface area (Å²) in [6.45, 7) is 1.66. The molecule has 0 atom stereocenters. The van der Waals surface area contributed by atoms with Crippen molar-refractivity contribution in [2.24, 2.45) is 0 Å². The lowest BCUT2D eigenvalue weighted by atomic mass is 10.4. The first-order chi connectivity index (χ1) is 7.72. The van der Waals surface area contributed by atoms with E-state index in [1.54, 1.807) is 0 Å². The molecule has 2 N–H and O–H groups in total. The first-order valence-corrected chi connectivity index (χ1v) is 6.07. The fourth-order valence-electron chi connectivity index (χ4n) is 1.10. The highest BCUT2D eigenvalue weighted by molar-refractivity contribution is 7.16. The van der Waals surface area contributed by atoms with Crippen LogP contribution in [0.2, 0.25) is 4.34 Å². The molecule has 6 heteroatoms. The summed E-state index contributed by atoms with van der Waals surface area (Å²) in [7, 11) is 0. The molecule has 1 aromatic rings. The van der Waals surface area contributed by atoms with Crippen LogP contribution in [0.3, 0.4) is 0 Å². The average molecular weight is 293 g/mol. The molecule has 0 aromatic carbocycles. The van der Waals surface area contributed by atoms with Crippen molar-refractivity contribution in [1.29, 1.82) is 0 Å². The Kier molecular flexibility index (Phi) is 8.92. The molecule has 0 spiro atoms. The molecule has 0 aliphatic rings. The standard InChI is InChI=1S/C11H13ClN2OS.ClH/c1-2-6-14-11(15)5-7-13-8-9-3-4-10(12)16-9;/h1,3-4,13H,5-8H2,(H,14,15);1H. The van der Waals surface area contributed by atoms with Crippen LogP contribution < -0.4 is 10.6 Å². The van der Waals surface area contributed by atoms with Crippen LogP contribution in [0.4, 0.5) is 0 Å². The molecule has 0 fully saturated rings. The Hall–Kier alpha value is -0.730. The number of hydrogen-bond donors (Lipinski definition) is 2. The van der Waals surface area contributed by atoms with E-state index in [4.69, 9.17) is 18.0 Å². The fourth-order valence-corrected chi connectivity index (χ4v) is 2.16. The smallest absolute Gasteiger partial charge is 0.222 e. The van der Waals surface area contributed by atoms with Gasteiger partial charge in [-0.1, -0.05) is 17.5 Å². The zero-order valence-corrected chi connectivity index (χ0v) is 11.6. The number of nitrogens with one attached hydrogen (secondary N) is 2. The molecule has 0 bridgehead atoms. The number of carbonyl (C=O) groups is 1. The largest absolute Gasteiger partial charge is 0.345 e. The summed E-state index contributed by atoms with van der Waals surface area (Å²) in [5.41, 5.74) is 0. The summed E-state index contributed by atoms with van der Waals surface area (Å²) in [5.74, 6) is 2.32. The number of carbonyl (C=O) groups excluding carboxylic acids is 1. The number of terminal acetylenes is 1. The van der Waals surface area contributed by atoms with Crippen molar-refractivity contribution in [2.75, 3.05) is 13.1 Å². The van der Waals surface area contributed by atoms with Gasteiger partial charge in [-0.05, 0) is 12.1 Å². The van der Waals surface area contributed by atoms with E-state index in [2.05, 4.69) is 16.6 Å². The molecule has 1 heterocycles. The molecule has 0 saturated heterocycles. The van der Waals surface area contributed by atoms with Gasteiger partial charge >= 0.3 is 0 Å². The first-order valence-electron chi connectivity index (χ1n) is 4.87. The van der Waals surface area contributed by atoms with E-state index in [0.29, 0.717) is 19.5 Å². The summed E-state index contributed by atoms with van der Waals surface area (Å²) in [4.78, 5) is 12.3. The molecule has 1 aromatic heterocycles. The number of halogens is 2. The number of thiophene rings is 1. The molecular formula is C11H14Cl2N2OS. The molecule has 0 unspecified atom stereocenters. The number of amides is 1. The van der Waals surface area contributed by atoms with Gasteiger partial charge in [0.05, 0.1) is 10.9 Å². The SMILES string of the molecule is C#CCNC(=O)CCNCc1ccc(Cl)s1.Cl.